The summed E-state index contributed by atoms with van der Waals surface area (Å²) >= 11 is 5.65. The molecule has 0 spiro atoms. The van der Waals surface area contributed by atoms with E-state index < -0.39 is 55.3 Å². The molecule has 2 N–H and O–H groups in total. The van der Waals surface area contributed by atoms with Gasteiger partial charge in [0, 0.05) is 17.8 Å². The molecule has 2 aliphatic carbocycles. The van der Waals surface area contributed by atoms with Gasteiger partial charge in [-0.3, -0.25) is 4.79 Å². The third-order valence-electron chi connectivity index (χ3n) is 7.25. The summed E-state index contributed by atoms with van der Waals surface area (Å²) in [6.07, 6.45) is 2.11. The Morgan fingerprint density at radius 1 is 0.875 bits per heavy atom. The highest BCUT2D eigenvalue weighted by molar-refractivity contribution is 7.89. The minimum atomic E-state index is -4.73. The first-order chi connectivity index (χ1) is 18.8. The van der Waals surface area contributed by atoms with Gasteiger partial charge in [0.2, 0.25) is 26.0 Å². The summed E-state index contributed by atoms with van der Waals surface area (Å²) in [5.41, 5.74) is -1.30. The highest BCUT2D eigenvalue weighted by Crippen LogP contribution is 2.36. The number of hydrogen-bond donors (Lipinski definition) is 2. The van der Waals surface area contributed by atoms with Crippen LogP contribution in [0.15, 0.2) is 52.3 Å². The van der Waals surface area contributed by atoms with E-state index in [-0.39, 0.29) is 21.5 Å². The van der Waals surface area contributed by atoms with Crippen molar-refractivity contribution in [1.29, 1.82) is 0 Å². The van der Waals surface area contributed by atoms with Crippen molar-refractivity contribution in [2.75, 3.05) is 11.9 Å². The van der Waals surface area contributed by atoms with Crippen LogP contribution in [0.5, 0.6) is 0 Å². The molecule has 0 atom stereocenters. The van der Waals surface area contributed by atoms with Crippen molar-refractivity contribution in [3.05, 3.63) is 53.1 Å². The second-order valence-electron chi connectivity index (χ2n) is 10.2. The number of anilines is 1. The molecule has 2 fully saturated rings. The zero-order valence-electron chi connectivity index (χ0n) is 21.6. The molecular formula is C26H31ClF3N3O5S2. The average Bonchev–Trinajstić information content (AvgIpc) is 3.40. The third-order valence-corrected chi connectivity index (χ3v) is 11.0. The second-order valence-corrected chi connectivity index (χ2v) is 14.2. The number of amides is 1. The zero-order chi connectivity index (χ0) is 29.1. The van der Waals surface area contributed by atoms with Crippen LogP contribution in [0.1, 0.15) is 63.4 Å². The molecule has 0 radical (unpaired) electrons. The fourth-order valence-corrected chi connectivity index (χ4v) is 8.37. The second kappa shape index (κ2) is 12.4. The monoisotopic (exact) mass is 621 g/mol. The Morgan fingerprint density at radius 3 is 2.05 bits per heavy atom. The standard InChI is InChI=1S/C26H31ClF3N3O5S2/c27-24-15-10-19(16-23(24)26(28,29)30)31-25(34)17-33(20-8-2-1-3-9-20)40(37,38)22-13-11-21(12-14-22)39(35,36)32-18-6-4-5-7-18/h10-16,18,20,32H,1-9,17H2,(H,31,34). The van der Waals surface area contributed by atoms with Crippen LogP contribution >= 0.6 is 11.6 Å². The lowest BCUT2D eigenvalue weighted by atomic mass is 9.95. The van der Waals surface area contributed by atoms with Crippen molar-refractivity contribution in [2.24, 2.45) is 0 Å². The maximum Gasteiger partial charge on any atom is 0.417 e. The predicted molar refractivity (Wildman–Crippen MR) is 145 cm³/mol. The lowest BCUT2D eigenvalue weighted by Crippen LogP contribution is -2.45. The lowest BCUT2D eigenvalue weighted by molar-refractivity contribution is -0.137. The van der Waals surface area contributed by atoms with Gasteiger partial charge in [0.1, 0.15) is 0 Å². The van der Waals surface area contributed by atoms with Crippen LogP contribution in [0.3, 0.4) is 0 Å². The van der Waals surface area contributed by atoms with Gasteiger partial charge < -0.3 is 5.32 Å². The maximum absolute atomic E-state index is 13.7. The van der Waals surface area contributed by atoms with Gasteiger partial charge in [-0.05, 0) is 68.1 Å². The van der Waals surface area contributed by atoms with Crippen LogP contribution in [0.25, 0.3) is 0 Å². The van der Waals surface area contributed by atoms with E-state index >= 15 is 0 Å². The Labute approximate surface area is 237 Å². The molecular weight excluding hydrogens is 591 g/mol. The van der Waals surface area contributed by atoms with Gasteiger partial charge in [0.05, 0.1) is 26.9 Å². The number of nitrogens with one attached hydrogen (secondary N) is 2. The first kappa shape index (κ1) is 30.8. The van der Waals surface area contributed by atoms with Crippen molar-refractivity contribution < 1.29 is 34.8 Å². The van der Waals surface area contributed by atoms with E-state index in [2.05, 4.69) is 10.0 Å². The molecule has 0 unspecified atom stereocenters. The van der Waals surface area contributed by atoms with Gasteiger partial charge >= 0.3 is 6.18 Å². The molecule has 8 nitrogen and oxygen atoms in total. The number of hydrogen-bond acceptors (Lipinski definition) is 5. The Balaban J connectivity index is 1.55. The topological polar surface area (TPSA) is 113 Å². The largest absolute Gasteiger partial charge is 0.417 e. The summed E-state index contributed by atoms with van der Waals surface area (Å²) < 4.78 is 96.3. The Hall–Kier alpha value is -2.19. The molecule has 220 valence electrons. The normalized spacial score (nSPS) is 17.8. The molecule has 0 heterocycles. The zero-order valence-corrected chi connectivity index (χ0v) is 24.0. The van der Waals surface area contributed by atoms with Gasteiger partial charge in [0.15, 0.2) is 0 Å². The summed E-state index contributed by atoms with van der Waals surface area (Å²) in [6, 6.07) is 7.08. The number of sulfonamides is 2. The van der Waals surface area contributed by atoms with Gasteiger partial charge in [0.25, 0.3) is 0 Å². The van der Waals surface area contributed by atoms with Gasteiger partial charge in [-0.1, -0.05) is 43.7 Å². The minimum Gasteiger partial charge on any atom is -0.325 e. The fourth-order valence-electron chi connectivity index (χ4n) is 5.20. The van der Waals surface area contributed by atoms with E-state index in [0.29, 0.717) is 18.9 Å². The fraction of sp³-hybridized carbons (Fsp3) is 0.500. The number of nitrogens with zero attached hydrogens (tertiary/aromatic N) is 1. The van der Waals surface area contributed by atoms with Crippen molar-refractivity contribution in [2.45, 2.75) is 85.8 Å². The molecule has 2 aliphatic rings. The number of carbonyl (C=O) groups excluding carboxylic acids is 1. The van der Waals surface area contributed by atoms with Gasteiger partial charge in [-0.25, -0.2) is 21.6 Å². The summed E-state index contributed by atoms with van der Waals surface area (Å²) in [4.78, 5) is 12.7. The van der Waals surface area contributed by atoms with E-state index in [0.717, 1.165) is 55.3 Å². The van der Waals surface area contributed by atoms with Crippen LogP contribution in [0, 0.1) is 0 Å². The molecule has 1 amide bonds. The molecule has 2 aromatic rings. The molecule has 14 heteroatoms. The van der Waals surface area contributed by atoms with Crippen LogP contribution in [0.2, 0.25) is 5.02 Å². The van der Waals surface area contributed by atoms with E-state index in [4.69, 9.17) is 11.6 Å². The van der Waals surface area contributed by atoms with Crippen molar-refractivity contribution in [3.63, 3.8) is 0 Å². The molecule has 2 aromatic carbocycles. The SMILES string of the molecule is O=C(CN(C1CCCCC1)S(=O)(=O)c1ccc(S(=O)(=O)NC2CCCC2)cc1)Nc1ccc(Cl)c(C(F)(F)F)c1. The van der Waals surface area contributed by atoms with Crippen molar-refractivity contribution >= 4 is 43.2 Å². The average molecular weight is 622 g/mol. The summed E-state index contributed by atoms with van der Waals surface area (Å²) in [5.74, 6) is -0.815. The number of benzene rings is 2. The minimum absolute atomic E-state index is 0.0662. The number of alkyl halides is 3. The number of rotatable bonds is 9. The maximum atomic E-state index is 13.7. The first-order valence-corrected chi connectivity index (χ1v) is 16.4. The molecule has 0 aliphatic heterocycles. The highest BCUT2D eigenvalue weighted by atomic mass is 35.5. The Bertz CT molecular complexity index is 1420. The molecule has 40 heavy (non-hydrogen) atoms. The summed E-state index contributed by atoms with van der Waals surface area (Å²) in [7, 11) is -8.08. The van der Waals surface area contributed by atoms with Crippen molar-refractivity contribution in [1.82, 2.24) is 9.03 Å². The van der Waals surface area contributed by atoms with Crippen LogP contribution in [-0.2, 0) is 31.0 Å². The van der Waals surface area contributed by atoms with Crippen molar-refractivity contribution in [3.8, 4) is 0 Å². The molecule has 0 saturated heterocycles. The van der Waals surface area contributed by atoms with E-state index in [1.165, 1.54) is 30.3 Å². The Kier molecular flexibility index (Phi) is 9.50. The first-order valence-electron chi connectivity index (χ1n) is 13.1. The van der Waals surface area contributed by atoms with Gasteiger partial charge in [-0.15, -0.1) is 0 Å². The number of halogens is 4. The molecule has 4 rings (SSSR count). The Morgan fingerprint density at radius 2 is 1.45 bits per heavy atom. The molecule has 2 saturated carbocycles. The van der Waals surface area contributed by atoms with E-state index in [9.17, 15) is 34.8 Å². The third kappa shape index (κ3) is 7.35. The number of carbonyl (C=O) groups is 1. The summed E-state index contributed by atoms with van der Waals surface area (Å²) in [6.45, 7) is -0.625. The molecule has 0 bridgehead atoms. The lowest BCUT2D eigenvalue weighted by Gasteiger charge is -2.33. The van der Waals surface area contributed by atoms with Gasteiger partial charge in [-0.2, -0.15) is 17.5 Å². The highest BCUT2D eigenvalue weighted by Gasteiger charge is 2.36. The van der Waals surface area contributed by atoms with Crippen LogP contribution in [-0.4, -0.2) is 45.7 Å². The van der Waals surface area contributed by atoms with Crippen LogP contribution < -0.4 is 10.0 Å². The van der Waals surface area contributed by atoms with Crippen LogP contribution in [0.4, 0.5) is 18.9 Å². The smallest absolute Gasteiger partial charge is 0.325 e. The molecule has 0 aromatic heterocycles. The van der Waals surface area contributed by atoms with E-state index in [1.54, 1.807) is 0 Å². The van der Waals surface area contributed by atoms with E-state index in [1.807, 2.05) is 0 Å². The summed E-state index contributed by atoms with van der Waals surface area (Å²) in [5, 5.41) is 1.82. The predicted octanol–water partition coefficient (Wildman–Crippen LogP) is 5.54. The quantitative estimate of drug-likeness (QED) is 0.382.